The Bertz CT molecular complexity index is 297. The molecule has 2 fully saturated rings. The molecule has 1 saturated carbocycles. The highest BCUT2D eigenvalue weighted by atomic mass is 32.2. The summed E-state index contributed by atoms with van der Waals surface area (Å²) in [7, 11) is 0. The lowest BCUT2D eigenvalue weighted by molar-refractivity contribution is -0.121. The Labute approximate surface area is 121 Å². The lowest BCUT2D eigenvalue weighted by Crippen LogP contribution is -2.56. The van der Waals surface area contributed by atoms with Crippen LogP contribution in [-0.4, -0.2) is 47.5 Å². The molecule has 1 N–H and O–H groups in total. The fraction of sp³-hybridized carbons (Fsp3) is 0.933. The van der Waals surface area contributed by atoms with E-state index in [-0.39, 0.29) is 16.7 Å². The summed E-state index contributed by atoms with van der Waals surface area (Å²) in [4.78, 5) is 14.7. The Morgan fingerprint density at radius 3 is 2.42 bits per heavy atom. The molecular weight excluding hydrogens is 256 g/mol. The number of carbonyl (C=O) groups excluding carboxylic acids is 1. The Morgan fingerprint density at radius 2 is 1.84 bits per heavy atom. The van der Waals surface area contributed by atoms with Crippen LogP contribution in [0.5, 0.6) is 0 Å². The Morgan fingerprint density at radius 1 is 1.21 bits per heavy atom. The zero-order valence-corrected chi connectivity index (χ0v) is 13.2. The topological polar surface area (TPSA) is 32.3 Å². The molecule has 2 aliphatic rings. The standard InChI is InChI=1S/C15H28N2OS/c1-13(19-2)14(18)16-12-15(8-4-5-9-15)17-10-6-3-7-11-17/h13H,3-12H2,1-2H3,(H,16,18)/t13-/m1/s1. The van der Waals surface area contributed by atoms with Crippen molar-refractivity contribution in [3.63, 3.8) is 0 Å². The number of thioether (sulfide) groups is 1. The summed E-state index contributed by atoms with van der Waals surface area (Å²) >= 11 is 1.62. The van der Waals surface area contributed by atoms with E-state index in [0.29, 0.717) is 0 Å². The van der Waals surface area contributed by atoms with Gasteiger partial charge in [0.05, 0.1) is 5.25 Å². The molecule has 0 aromatic carbocycles. The molecule has 0 aromatic heterocycles. The van der Waals surface area contributed by atoms with Crippen LogP contribution in [0, 0.1) is 0 Å². The number of hydrogen-bond acceptors (Lipinski definition) is 3. The van der Waals surface area contributed by atoms with Gasteiger partial charge in [0.2, 0.25) is 5.91 Å². The van der Waals surface area contributed by atoms with E-state index in [1.807, 2.05) is 13.2 Å². The first kappa shape index (κ1) is 15.2. The number of rotatable bonds is 5. The van der Waals surface area contributed by atoms with Crippen molar-refractivity contribution in [2.24, 2.45) is 0 Å². The van der Waals surface area contributed by atoms with Gasteiger partial charge < -0.3 is 5.32 Å². The van der Waals surface area contributed by atoms with Crippen molar-refractivity contribution in [3.05, 3.63) is 0 Å². The lowest BCUT2D eigenvalue weighted by Gasteiger charge is -2.43. The summed E-state index contributed by atoms with van der Waals surface area (Å²) in [6.45, 7) is 5.31. The van der Waals surface area contributed by atoms with E-state index in [1.165, 1.54) is 58.0 Å². The van der Waals surface area contributed by atoms with Gasteiger partial charge in [-0.05, 0) is 52.0 Å². The van der Waals surface area contributed by atoms with E-state index in [9.17, 15) is 4.79 Å². The summed E-state index contributed by atoms with van der Waals surface area (Å²) < 4.78 is 0. The predicted molar refractivity (Wildman–Crippen MR) is 82.6 cm³/mol. The maximum atomic E-state index is 12.0. The molecule has 1 heterocycles. The number of nitrogens with zero attached hydrogens (tertiary/aromatic N) is 1. The van der Waals surface area contributed by atoms with E-state index >= 15 is 0 Å². The van der Waals surface area contributed by atoms with Crippen molar-refractivity contribution in [3.8, 4) is 0 Å². The lowest BCUT2D eigenvalue weighted by atomic mass is 9.92. The van der Waals surface area contributed by atoms with Crippen molar-refractivity contribution in [2.45, 2.75) is 62.7 Å². The number of amides is 1. The Balaban J connectivity index is 1.93. The molecule has 110 valence electrons. The van der Waals surface area contributed by atoms with Crippen molar-refractivity contribution in [1.82, 2.24) is 10.2 Å². The molecule has 0 radical (unpaired) electrons. The summed E-state index contributed by atoms with van der Waals surface area (Å²) in [5.41, 5.74) is 0.272. The molecule has 1 saturated heterocycles. The number of nitrogens with one attached hydrogen (secondary N) is 1. The Hall–Kier alpha value is -0.220. The summed E-state index contributed by atoms with van der Waals surface area (Å²) in [5.74, 6) is 0.204. The molecule has 0 bridgehead atoms. The molecular formula is C15H28N2OS. The van der Waals surface area contributed by atoms with Crippen LogP contribution >= 0.6 is 11.8 Å². The van der Waals surface area contributed by atoms with Crippen LogP contribution in [0.1, 0.15) is 51.9 Å². The van der Waals surface area contributed by atoms with Crippen LogP contribution in [0.3, 0.4) is 0 Å². The van der Waals surface area contributed by atoms with Gasteiger partial charge in [0.1, 0.15) is 0 Å². The first-order valence-corrected chi connectivity index (χ1v) is 9.02. The van der Waals surface area contributed by atoms with Gasteiger partial charge >= 0.3 is 0 Å². The summed E-state index contributed by atoms with van der Waals surface area (Å²) in [6.07, 6.45) is 11.2. The van der Waals surface area contributed by atoms with Gasteiger partial charge in [0, 0.05) is 12.1 Å². The van der Waals surface area contributed by atoms with E-state index in [4.69, 9.17) is 0 Å². The molecule has 0 unspecified atom stereocenters. The van der Waals surface area contributed by atoms with Crippen LogP contribution in [0.2, 0.25) is 0 Å². The van der Waals surface area contributed by atoms with Crippen molar-refractivity contribution >= 4 is 17.7 Å². The molecule has 1 amide bonds. The number of carbonyl (C=O) groups is 1. The van der Waals surface area contributed by atoms with Crippen LogP contribution in [-0.2, 0) is 4.79 Å². The molecule has 1 aliphatic heterocycles. The second-order valence-corrected chi connectivity index (χ2v) is 7.25. The molecule has 19 heavy (non-hydrogen) atoms. The largest absolute Gasteiger partial charge is 0.353 e. The predicted octanol–water partition coefficient (Wildman–Crippen LogP) is 2.65. The van der Waals surface area contributed by atoms with E-state index in [0.717, 1.165) is 6.54 Å². The number of hydrogen-bond donors (Lipinski definition) is 1. The van der Waals surface area contributed by atoms with Crippen LogP contribution < -0.4 is 5.32 Å². The average molecular weight is 284 g/mol. The second-order valence-electron chi connectivity index (χ2n) is 6.07. The van der Waals surface area contributed by atoms with Gasteiger partial charge in [-0.25, -0.2) is 0 Å². The summed E-state index contributed by atoms with van der Waals surface area (Å²) in [5, 5.41) is 3.28. The third kappa shape index (κ3) is 3.66. The van der Waals surface area contributed by atoms with Crippen molar-refractivity contribution in [1.29, 1.82) is 0 Å². The maximum absolute atomic E-state index is 12.0. The van der Waals surface area contributed by atoms with Crippen LogP contribution in [0.25, 0.3) is 0 Å². The zero-order valence-electron chi connectivity index (χ0n) is 12.4. The first-order chi connectivity index (χ1) is 9.18. The molecule has 1 aliphatic carbocycles. The van der Waals surface area contributed by atoms with Crippen molar-refractivity contribution in [2.75, 3.05) is 25.9 Å². The van der Waals surface area contributed by atoms with Gasteiger partial charge in [-0.2, -0.15) is 11.8 Å². The quantitative estimate of drug-likeness (QED) is 0.842. The highest BCUT2D eigenvalue weighted by Crippen LogP contribution is 2.36. The van der Waals surface area contributed by atoms with Gasteiger partial charge in [-0.3, -0.25) is 9.69 Å². The maximum Gasteiger partial charge on any atom is 0.232 e. The third-order valence-corrected chi connectivity index (χ3v) is 5.80. The third-order valence-electron chi connectivity index (χ3n) is 4.88. The normalized spacial score (nSPS) is 25.2. The first-order valence-electron chi connectivity index (χ1n) is 7.73. The Kier molecular flexibility index (Phi) is 5.58. The van der Waals surface area contributed by atoms with E-state index in [2.05, 4.69) is 10.2 Å². The van der Waals surface area contributed by atoms with E-state index < -0.39 is 0 Å². The molecule has 2 rings (SSSR count). The molecule has 4 heteroatoms. The smallest absolute Gasteiger partial charge is 0.232 e. The van der Waals surface area contributed by atoms with Gasteiger partial charge in [-0.15, -0.1) is 0 Å². The highest BCUT2D eigenvalue weighted by Gasteiger charge is 2.40. The molecule has 0 aromatic rings. The molecule has 3 nitrogen and oxygen atoms in total. The minimum atomic E-state index is 0.0693. The number of likely N-dealkylation sites (tertiary alicyclic amines) is 1. The van der Waals surface area contributed by atoms with E-state index in [1.54, 1.807) is 11.8 Å². The second kappa shape index (κ2) is 6.98. The average Bonchev–Trinajstić information content (AvgIpc) is 2.95. The SMILES string of the molecule is CS[C@H](C)C(=O)NCC1(N2CCCCC2)CCCC1. The van der Waals surface area contributed by atoms with Gasteiger partial charge in [0.25, 0.3) is 0 Å². The minimum absolute atomic E-state index is 0.0693. The summed E-state index contributed by atoms with van der Waals surface area (Å²) in [6, 6.07) is 0. The molecule has 1 atom stereocenters. The monoisotopic (exact) mass is 284 g/mol. The van der Waals surface area contributed by atoms with Crippen LogP contribution in [0.15, 0.2) is 0 Å². The van der Waals surface area contributed by atoms with Gasteiger partial charge in [0.15, 0.2) is 0 Å². The molecule has 0 spiro atoms. The van der Waals surface area contributed by atoms with Crippen molar-refractivity contribution < 1.29 is 4.79 Å². The number of piperidine rings is 1. The fourth-order valence-corrected chi connectivity index (χ4v) is 3.81. The zero-order chi connectivity index (χ0) is 13.7. The highest BCUT2D eigenvalue weighted by molar-refractivity contribution is 7.99. The fourth-order valence-electron chi connectivity index (χ4n) is 3.51. The minimum Gasteiger partial charge on any atom is -0.353 e. The van der Waals surface area contributed by atoms with Crippen LogP contribution in [0.4, 0.5) is 0 Å². The van der Waals surface area contributed by atoms with Gasteiger partial charge in [-0.1, -0.05) is 19.3 Å².